The Bertz CT molecular complexity index is 596. The van der Waals surface area contributed by atoms with E-state index in [1.54, 1.807) is 6.07 Å². The van der Waals surface area contributed by atoms with E-state index in [9.17, 15) is 9.18 Å². The molecule has 0 atom stereocenters. The van der Waals surface area contributed by atoms with E-state index >= 15 is 0 Å². The molecule has 0 fully saturated rings. The average Bonchev–Trinajstić information content (AvgIpc) is 2.32. The second-order valence-electron chi connectivity index (χ2n) is 3.85. The Morgan fingerprint density at radius 1 is 1.06 bits per heavy atom. The summed E-state index contributed by atoms with van der Waals surface area (Å²) >= 11 is 6.58. The summed E-state index contributed by atoms with van der Waals surface area (Å²) in [6.07, 6.45) is 0.187. The lowest BCUT2D eigenvalue weighted by atomic mass is 10.0. The van der Waals surface area contributed by atoms with E-state index in [2.05, 4.69) is 31.9 Å². The van der Waals surface area contributed by atoms with E-state index in [1.165, 1.54) is 12.1 Å². The molecule has 2 aromatic carbocycles. The van der Waals surface area contributed by atoms with E-state index in [0.29, 0.717) is 4.47 Å². The number of Topliss-reactive ketones (excluding diaryl/α,β-unsaturated/α-hetero) is 1. The fraction of sp³-hybridized carbons (Fsp3) is 0.0714. The van der Waals surface area contributed by atoms with Crippen LogP contribution in [0.3, 0.4) is 0 Å². The van der Waals surface area contributed by atoms with Crippen LogP contribution in [0, 0.1) is 5.82 Å². The molecule has 92 valence electrons. The van der Waals surface area contributed by atoms with Crippen LogP contribution in [0.25, 0.3) is 0 Å². The van der Waals surface area contributed by atoms with Gasteiger partial charge in [0, 0.05) is 15.4 Å². The molecule has 0 aliphatic heterocycles. The SMILES string of the molecule is O=C(Cc1cccc(Br)c1)c1cc(Br)ccc1F. The molecule has 0 bridgehead atoms. The van der Waals surface area contributed by atoms with Crippen molar-refractivity contribution in [2.24, 2.45) is 0 Å². The van der Waals surface area contributed by atoms with Crippen molar-refractivity contribution < 1.29 is 9.18 Å². The minimum Gasteiger partial charge on any atom is -0.294 e. The van der Waals surface area contributed by atoms with Crippen LogP contribution in [0.1, 0.15) is 15.9 Å². The van der Waals surface area contributed by atoms with Gasteiger partial charge in [-0.15, -0.1) is 0 Å². The third-order valence-corrected chi connectivity index (χ3v) is 3.47. The molecule has 0 radical (unpaired) electrons. The van der Waals surface area contributed by atoms with Gasteiger partial charge in [0.2, 0.25) is 0 Å². The first-order chi connectivity index (χ1) is 8.56. The van der Waals surface area contributed by atoms with Crippen molar-refractivity contribution in [3.63, 3.8) is 0 Å². The first kappa shape index (κ1) is 13.4. The molecule has 0 aromatic heterocycles. The number of rotatable bonds is 3. The Kier molecular flexibility index (Phi) is 4.30. The summed E-state index contributed by atoms with van der Waals surface area (Å²) in [4.78, 5) is 12.0. The number of halogens is 3. The van der Waals surface area contributed by atoms with Gasteiger partial charge in [0.15, 0.2) is 5.78 Å². The first-order valence-electron chi connectivity index (χ1n) is 5.29. The summed E-state index contributed by atoms with van der Waals surface area (Å²) in [6.45, 7) is 0. The van der Waals surface area contributed by atoms with Gasteiger partial charge >= 0.3 is 0 Å². The lowest BCUT2D eigenvalue weighted by Gasteiger charge is -2.04. The van der Waals surface area contributed by atoms with E-state index in [-0.39, 0.29) is 17.8 Å². The average molecular weight is 372 g/mol. The zero-order valence-corrected chi connectivity index (χ0v) is 12.5. The van der Waals surface area contributed by atoms with E-state index in [4.69, 9.17) is 0 Å². The summed E-state index contributed by atoms with van der Waals surface area (Å²) in [7, 11) is 0. The maximum absolute atomic E-state index is 13.6. The van der Waals surface area contributed by atoms with Crippen molar-refractivity contribution in [3.05, 3.63) is 68.4 Å². The highest BCUT2D eigenvalue weighted by molar-refractivity contribution is 9.10. The second-order valence-corrected chi connectivity index (χ2v) is 5.69. The van der Waals surface area contributed by atoms with Crippen LogP contribution in [0.4, 0.5) is 4.39 Å². The second kappa shape index (κ2) is 5.76. The fourth-order valence-corrected chi connectivity index (χ4v) is 2.45. The van der Waals surface area contributed by atoms with Crippen LogP contribution in [0.15, 0.2) is 51.4 Å². The predicted molar refractivity (Wildman–Crippen MR) is 76.3 cm³/mol. The summed E-state index contributed by atoms with van der Waals surface area (Å²) in [5.41, 5.74) is 0.970. The van der Waals surface area contributed by atoms with Crippen LogP contribution in [-0.2, 0) is 6.42 Å². The minimum atomic E-state index is -0.488. The number of carbonyl (C=O) groups excluding carboxylic acids is 1. The van der Waals surface area contributed by atoms with Crippen molar-refractivity contribution in [1.29, 1.82) is 0 Å². The molecule has 2 aromatic rings. The van der Waals surface area contributed by atoms with Crippen LogP contribution < -0.4 is 0 Å². The number of benzene rings is 2. The zero-order chi connectivity index (χ0) is 13.1. The van der Waals surface area contributed by atoms with Gasteiger partial charge < -0.3 is 0 Å². The van der Waals surface area contributed by atoms with Gasteiger partial charge in [-0.1, -0.05) is 44.0 Å². The largest absolute Gasteiger partial charge is 0.294 e. The maximum Gasteiger partial charge on any atom is 0.170 e. The van der Waals surface area contributed by atoms with Crippen LogP contribution >= 0.6 is 31.9 Å². The smallest absolute Gasteiger partial charge is 0.170 e. The zero-order valence-electron chi connectivity index (χ0n) is 9.29. The number of hydrogen-bond donors (Lipinski definition) is 0. The molecular formula is C14H9Br2FO. The molecule has 0 spiro atoms. The molecule has 0 saturated heterocycles. The number of ketones is 1. The van der Waals surface area contributed by atoms with Crippen LogP contribution in [0.5, 0.6) is 0 Å². The minimum absolute atomic E-state index is 0.115. The van der Waals surface area contributed by atoms with E-state index < -0.39 is 5.82 Å². The number of hydrogen-bond acceptors (Lipinski definition) is 1. The van der Waals surface area contributed by atoms with Gasteiger partial charge in [-0.25, -0.2) is 4.39 Å². The van der Waals surface area contributed by atoms with Crippen molar-refractivity contribution in [1.82, 2.24) is 0 Å². The van der Waals surface area contributed by atoms with Crippen molar-refractivity contribution in [2.45, 2.75) is 6.42 Å². The Balaban J connectivity index is 2.24. The molecule has 2 rings (SSSR count). The Morgan fingerprint density at radius 3 is 2.50 bits per heavy atom. The lowest BCUT2D eigenvalue weighted by Crippen LogP contribution is -2.06. The predicted octanol–water partition coefficient (Wildman–Crippen LogP) is 4.78. The van der Waals surface area contributed by atoms with Crippen molar-refractivity contribution in [2.75, 3.05) is 0 Å². The molecule has 0 saturated carbocycles. The maximum atomic E-state index is 13.6. The number of carbonyl (C=O) groups is 1. The Hall–Kier alpha value is -1.00. The van der Waals surface area contributed by atoms with Gasteiger partial charge in [-0.05, 0) is 35.9 Å². The summed E-state index contributed by atoms with van der Waals surface area (Å²) < 4.78 is 15.2. The van der Waals surface area contributed by atoms with Gasteiger partial charge in [-0.2, -0.15) is 0 Å². The molecule has 0 amide bonds. The highest BCUT2D eigenvalue weighted by Crippen LogP contribution is 2.19. The van der Waals surface area contributed by atoms with Crippen molar-refractivity contribution in [3.8, 4) is 0 Å². The molecular weight excluding hydrogens is 363 g/mol. The monoisotopic (exact) mass is 370 g/mol. The third kappa shape index (κ3) is 3.27. The third-order valence-electron chi connectivity index (χ3n) is 2.48. The molecule has 0 heterocycles. The molecule has 0 aliphatic rings. The standard InChI is InChI=1S/C14H9Br2FO/c15-10-3-1-2-9(6-10)7-14(18)12-8-11(16)4-5-13(12)17/h1-6,8H,7H2. The summed E-state index contributed by atoms with van der Waals surface area (Å²) in [6, 6.07) is 11.8. The molecule has 4 heteroatoms. The van der Waals surface area contributed by atoms with Crippen LogP contribution in [-0.4, -0.2) is 5.78 Å². The van der Waals surface area contributed by atoms with E-state index in [0.717, 1.165) is 10.0 Å². The quantitative estimate of drug-likeness (QED) is 0.710. The highest BCUT2D eigenvalue weighted by Gasteiger charge is 2.12. The first-order valence-corrected chi connectivity index (χ1v) is 6.87. The normalized spacial score (nSPS) is 10.4. The molecule has 0 unspecified atom stereocenters. The van der Waals surface area contributed by atoms with Crippen LogP contribution in [0.2, 0.25) is 0 Å². The molecule has 1 nitrogen and oxygen atoms in total. The fourth-order valence-electron chi connectivity index (χ4n) is 1.64. The lowest BCUT2D eigenvalue weighted by molar-refractivity contribution is 0.0989. The van der Waals surface area contributed by atoms with Gasteiger partial charge in [0.05, 0.1) is 5.56 Å². The van der Waals surface area contributed by atoms with Crippen molar-refractivity contribution >= 4 is 37.6 Å². The van der Waals surface area contributed by atoms with Gasteiger partial charge in [-0.3, -0.25) is 4.79 Å². The topological polar surface area (TPSA) is 17.1 Å². The Morgan fingerprint density at radius 2 is 1.78 bits per heavy atom. The highest BCUT2D eigenvalue weighted by atomic mass is 79.9. The molecule has 18 heavy (non-hydrogen) atoms. The molecule has 0 aliphatic carbocycles. The molecule has 0 N–H and O–H groups in total. The van der Waals surface area contributed by atoms with Gasteiger partial charge in [0.25, 0.3) is 0 Å². The summed E-state index contributed by atoms with van der Waals surface area (Å²) in [5, 5.41) is 0. The summed E-state index contributed by atoms with van der Waals surface area (Å²) in [5.74, 6) is -0.718. The van der Waals surface area contributed by atoms with Gasteiger partial charge in [0.1, 0.15) is 5.82 Å². The Labute approximate surface area is 121 Å². The van der Waals surface area contributed by atoms with E-state index in [1.807, 2.05) is 24.3 Å².